The Hall–Kier alpha value is -3.68. The highest BCUT2D eigenvalue weighted by atomic mass is 16.5. The van der Waals surface area contributed by atoms with Crippen LogP contribution in [0, 0.1) is 6.92 Å². The van der Waals surface area contributed by atoms with E-state index in [-0.39, 0.29) is 6.61 Å². The van der Waals surface area contributed by atoms with Crippen molar-refractivity contribution < 1.29 is 9.53 Å². The molecule has 0 aliphatic carbocycles. The molecule has 0 atom stereocenters. The summed E-state index contributed by atoms with van der Waals surface area (Å²) in [7, 11) is 0. The average Bonchev–Trinajstić information content (AvgIpc) is 3.18. The van der Waals surface area contributed by atoms with Crippen molar-refractivity contribution in [3.63, 3.8) is 0 Å². The number of nitrogens with zero attached hydrogens (tertiary/aromatic N) is 3. The minimum absolute atomic E-state index is 0.289. The fraction of sp³-hybridized carbons (Fsp3) is 0.238. The maximum atomic E-state index is 11.9. The number of carbonyl (C=O) groups excluding carboxylic acids is 1. The number of H-pyrrole nitrogens is 1. The number of imidazole rings is 1. The third-order valence-electron chi connectivity index (χ3n) is 4.79. The van der Waals surface area contributed by atoms with Gasteiger partial charge in [-0.1, -0.05) is 19.1 Å². The van der Waals surface area contributed by atoms with Gasteiger partial charge in [0, 0.05) is 17.3 Å². The summed E-state index contributed by atoms with van der Waals surface area (Å²) >= 11 is 0. The molecule has 29 heavy (non-hydrogen) atoms. The molecule has 2 heterocycles. The summed E-state index contributed by atoms with van der Waals surface area (Å²) < 4.78 is 4.98. The lowest BCUT2D eigenvalue weighted by atomic mass is 10.0. The second-order valence-corrected chi connectivity index (χ2v) is 6.63. The van der Waals surface area contributed by atoms with Gasteiger partial charge in [0.15, 0.2) is 0 Å². The van der Waals surface area contributed by atoms with Crippen LogP contribution in [0.3, 0.4) is 0 Å². The van der Waals surface area contributed by atoms with E-state index in [1.165, 1.54) is 5.56 Å². The number of amides is 1. The molecule has 2 aromatic heterocycles. The zero-order valence-corrected chi connectivity index (χ0v) is 16.5. The van der Waals surface area contributed by atoms with Gasteiger partial charge in [-0.05, 0) is 43.5 Å². The average molecular weight is 390 g/mol. The number of ether oxygens (including phenoxy) is 1. The number of fused-ring (bicyclic) bond motifs is 2. The molecule has 3 N–H and O–H groups in total. The quantitative estimate of drug-likeness (QED) is 0.457. The van der Waals surface area contributed by atoms with Crippen LogP contribution in [-0.2, 0) is 11.2 Å². The maximum Gasteiger partial charge on any atom is 0.411 e. The molecule has 8 heteroatoms. The maximum absolute atomic E-state index is 11.9. The standard InChI is InChI=1S/C21H22N6O2/c1-4-13-6-7-14-10-22-20(27-18(14)12(13)3)25-15-8-16-19(24-11-23-16)17(9-15)26-21(28)29-5-2/h6-11H,4-5H2,1-3H3,(H,23,24)(H,26,28)(H,22,25,27). The van der Waals surface area contributed by atoms with Crippen molar-refractivity contribution >= 4 is 45.4 Å². The lowest BCUT2D eigenvalue weighted by Gasteiger charge is -2.11. The molecule has 4 aromatic rings. The van der Waals surface area contributed by atoms with Gasteiger partial charge in [-0.15, -0.1) is 0 Å². The van der Waals surface area contributed by atoms with Gasteiger partial charge in [-0.2, -0.15) is 0 Å². The van der Waals surface area contributed by atoms with Gasteiger partial charge < -0.3 is 15.0 Å². The Balaban J connectivity index is 1.70. The number of benzene rings is 2. The smallest absolute Gasteiger partial charge is 0.411 e. The fourth-order valence-corrected chi connectivity index (χ4v) is 3.35. The third kappa shape index (κ3) is 3.69. The first-order valence-electron chi connectivity index (χ1n) is 9.52. The van der Waals surface area contributed by atoms with E-state index in [2.05, 4.69) is 45.5 Å². The summed E-state index contributed by atoms with van der Waals surface area (Å²) in [6.07, 6.45) is 3.81. The topological polar surface area (TPSA) is 105 Å². The lowest BCUT2D eigenvalue weighted by Crippen LogP contribution is -2.13. The zero-order chi connectivity index (χ0) is 20.4. The van der Waals surface area contributed by atoms with E-state index in [1.54, 1.807) is 19.3 Å². The van der Waals surface area contributed by atoms with E-state index < -0.39 is 6.09 Å². The molecule has 0 saturated carbocycles. The van der Waals surface area contributed by atoms with Crippen molar-refractivity contribution in [3.8, 4) is 0 Å². The molecule has 0 fully saturated rings. The van der Waals surface area contributed by atoms with Gasteiger partial charge in [-0.25, -0.2) is 19.7 Å². The van der Waals surface area contributed by atoms with Gasteiger partial charge in [0.2, 0.25) is 5.95 Å². The number of nitrogens with one attached hydrogen (secondary N) is 3. The number of hydrogen-bond donors (Lipinski definition) is 3. The minimum atomic E-state index is -0.529. The summed E-state index contributed by atoms with van der Waals surface area (Å²) in [5.41, 5.74) is 6.02. The van der Waals surface area contributed by atoms with Crippen LogP contribution in [-0.4, -0.2) is 32.6 Å². The Kier molecular flexibility index (Phi) is 4.99. The highest BCUT2D eigenvalue weighted by Gasteiger charge is 2.12. The van der Waals surface area contributed by atoms with Crippen LogP contribution in [0.2, 0.25) is 0 Å². The Bertz CT molecular complexity index is 1200. The van der Waals surface area contributed by atoms with E-state index >= 15 is 0 Å². The molecule has 0 unspecified atom stereocenters. The van der Waals surface area contributed by atoms with Crippen molar-refractivity contribution in [2.45, 2.75) is 27.2 Å². The van der Waals surface area contributed by atoms with Crippen molar-refractivity contribution in [2.24, 2.45) is 0 Å². The molecule has 1 amide bonds. The van der Waals surface area contributed by atoms with E-state index in [9.17, 15) is 4.79 Å². The number of carbonyl (C=O) groups is 1. The predicted molar refractivity (Wildman–Crippen MR) is 114 cm³/mol. The van der Waals surface area contributed by atoms with Gasteiger partial charge >= 0.3 is 6.09 Å². The van der Waals surface area contributed by atoms with Crippen molar-refractivity contribution in [3.05, 3.63) is 47.9 Å². The molecule has 148 valence electrons. The van der Waals surface area contributed by atoms with E-state index in [1.807, 2.05) is 18.3 Å². The highest BCUT2D eigenvalue weighted by molar-refractivity contribution is 5.99. The molecule has 0 radical (unpaired) electrons. The first kappa shape index (κ1) is 18.7. The largest absolute Gasteiger partial charge is 0.450 e. The van der Waals surface area contributed by atoms with Crippen molar-refractivity contribution in [1.29, 1.82) is 0 Å². The van der Waals surface area contributed by atoms with Crippen LogP contribution in [0.15, 0.2) is 36.8 Å². The van der Waals surface area contributed by atoms with E-state index in [0.717, 1.165) is 34.1 Å². The van der Waals surface area contributed by atoms with Gasteiger partial charge in [-0.3, -0.25) is 5.32 Å². The Morgan fingerprint density at radius 1 is 1.17 bits per heavy atom. The first-order chi connectivity index (χ1) is 14.1. The van der Waals surface area contributed by atoms with Crippen molar-refractivity contribution in [1.82, 2.24) is 19.9 Å². The summed E-state index contributed by atoms with van der Waals surface area (Å²) in [4.78, 5) is 28.3. The van der Waals surface area contributed by atoms with Crippen LogP contribution in [0.25, 0.3) is 21.9 Å². The Morgan fingerprint density at radius 2 is 2.03 bits per heavy atom. The SMILES string of the molecule is CCOC(=O)Nc1cc(Nc2ncc3ccc(CC)c(C)c3n2)cc2[nH]cnc12. The van der Waals surface area contributed by atoms with Crippen LogP contribution in [0.4, 0.5) is 22.1 Å². The summed E-state index contributed by atoms with van der Waals surface area (Å²) in [6.45, 7) is 6.25. The molecule has 0 aliphatic heterocycles. The number of aryl methyl sites for hydroxylation is 2. The number of aromatic amines is 1. The first-order valence-corrected chi connectivity index (χ1v) is 9.52. The third-order valence-corrected chi connectivity index (χ3v) is 4.79. The number of anilines is 3. The van der Waals surface area contributed by atoms with E-state index in [0.29, 0.717) is 17.2 Å². The minimum Gasteiger partial charge on any atom is -0.450 e. The van der Waals surface area contributed by atoms with Crippen LogP contribution < -0.4 is 10.6 Å². The molecular weight excluding hydrogens is 368 g/mol. The van der Waals surface area contributed by atoms with Crippen molar-refractivity contribution in [2.75, 3.05) is 17.2 Å². The molecular formula is C21H22N6O2. The Labute approximate surface area is 167 Å². The fourth-order valence-electron chi connectivity index (χ4n) is 3.35. The highest BCUT2D eigenvalue weighted by Crippen LogP contribution is 2.28. The monoisotopic (exact) mass is 390 g/mol. The summed E-state index contributed by atoms with van der Waals surface area (Å²) in [6, 6.07) is 7.83. The number of hydrogen-bond acceptors (Lipinski definition) is 6. The normalized spacial score (nSPS) is 11.0. The van der Waals surface area contributed by atoms with Crippen LogP contribution in [0.5, 0.6) is 0 Å². The predicted octanol–water partition coefficient (Wildman–Crippen LogP) is 4.69. The number of aromatic nitrogens is 4. The zero-order valence-electron chi connectivity index (χ0n) is 16.5. The second kappa shape index (κ2) is 7.75. The Morgan fingerprint density at radius 3 is 2.83 bits per heavy atom. The molecule has 2 aromatic carbocycles. The number of rotatable bonds is 5. The molecule has 0 aliphatic rings. The van der Waals surface area contributed by atoms with Gasteiger partial charge in [0.1, 0.15) is 5.52 Å². The van der Waals surface area contributed by atoms with Crippen LogP contribution in [0.1, 0.15) is 25.0 Å². The molecule has 0 bridgehead atoms. The van der Waals surface area contributed by atoms with Crippen LogP contribution >= 0.6 is 0 Å². The van der Waals surface area contributed by atoms with Gasteiger partial charge in [0.25, 0.3) is 0 Å². The molecule has 0 spiro atoms. The summed E-state index contributed by atoms with van der Waals surface area (Å²) in [5.74, 6) is 0.481. The van der Waals surface area contributed by atoms with Gasteiger partial charge in [0.05, 0.1) is 29.7 Å². The molecule has 8 nitrogen and oxygen atoms in total. The lowest BCUT2D eigenvalue weighted by molar-refractivity contribution is 0.168. The second-order valence-electron chi connectivity index (χ2n) is 6.63. The van der Waals surface area contributed by atoms with E-state index in [4.69, 9.17) is 9.72 Å². The molecule has 0 saturated heterocycles. The molecule has 4 rings (SSSR count). The summed E-state index contributed by atoms with van der Waals surface area (Å²) in [5, 5.41) is 6.95.